The maximum atomic E-state index is 14.1. The van der Waals surface area contributed by atoms with Crippen LogP contribution in [-0.2, 0) is 37.1 Å². The van der Waals surface area contributed by atoms with Crippen LogP contribution in [0.15, 0.2) is 60.7 Å². The van der Waals surface area contributed by atoms with Crippen molar-refractivity contribution in [3.8, 4) is 0 Å². The average molecular weight is 510 g/mol. The van der Waals surface area contributed by atoms with Gasteiger partial charge in [-0.05, 0) is 49.9 Å². The maximum absolute atomic E-state index is 14.1. The van der Waals surface area contributed by atoms with E-state index in [0.717, 1.165) is 11.1 Å². The van der Waals surface area contributed by atoms with Gasteiger partial charge in [-0.25, -0.2) is 4.79 Å². The molecule has 8 heteroatoms. The molecule has 1 fully saturated rings. The number of ether oxygens (including phenoxy) is 2. The summed E-state index contributed by atoms with van der Waals surface area (Å²) in [5, 5.41) is 0. The van der Waals surface area contributed by atoms with E-state index in [1.54, 1.807) is 4.90 Å². The molecular weight excluding hydrogens is 470 g/mol. The van der Waals surface area contributed by atoms with Crippen LogP contribution in [0.2, 0.25) is 0 Å². The summed E-state index contributed by atoms with van der Waals surface area (Å²) in [5.74, 6) is -2.85. The molecule has 37 heavy (non-hydrogen) atoms. The second kappa shape index (κ2) is 14.0. The molecule has 1 aliphatic heterocycles. The van der Waals surface area contributed by atoms with Gasteiger partial charge in [-0.3, -0.25) is 14.5 Å². The molecule has 1 unspecified atom stereocenters. The number of likely N-dealkylation sites (tertiary alicyclic amines) is 1. The molecule has 8 nitrogen and oxygen atoms in total. The van der Waals surface area contributed by atoms with E-state index >= 15 is 0 Å². The van der Waals surface area contributed by atoms with Gasteiger partial charge >= 0.3 is 11.9 Å². The lowest BCUT2D eigenvalue weighted by atomic mass is 9.77. The number of nitrogens with two attached hydrogens (primary N) is 2. The number of ketones is 1. The summed E-state index contributed by atoms with van der Waals surface area (Å²) in [6.45, 7) is 3.33. The Kier molecular flexibility index (Phi) is 10.8. The zero-order valence-corrected chi connectivity index (χ0v) is 21.6. The van der Waals surface area contributed by atoms with E-state index in [9.17, 15) is 14.4 Å². The van der Waals surface area contributed by atoms with E-state index < -0.39 is 35.2 Å². The van der Waals surface area contributed by atoms with Crippen LogP contribution in [0.5, 0.6) is 0 Å². The molecule has 0 aromatic heterocycles. The number of carbonyl (C=O) groups excluding carboxylic acids is 3. The number of esters is 2. The number of nitrogens with zero attached hydrogens (tertiary/aromatic N) is 1. The van der Waals surface area contributed by atoms with Gasteiger partial charge in [-0.1, -0.05) is 74.0 Å². The molecule has 2 aromatic rings. The number of unbranched alkanes of at least 4 members (excludes halogenated alkanes) is 1. The first kappa shape index (κ1) is 28.5. The van der Waals surface area contributed by atoms with Crippen LogP contribution in [0.4, 0.5) is 0 Å². The Hall–Kier alpha value is -3.07. The summed E-state index contributed by atoms with van der Waals surface area (Å²) in [4.78, 5) is 43.3. The molecule has 3 atom stereocenters. The first-order chi connectivity index (χ1) is 17.9. The fourth-order valence-corrected chi connectivity index (χ4v) is 5.02. The van der Waals surface area contributed by atoms with E-state index in [1.807, 2.05) is 67.6 Å². The van der Waals surface area contributed by atoms with Gasteiger partial charge in [-0.15, -0.1) is 0 Å². The number of hydrogen-bond acceptors (Lipinski definition) is 8. The summed E-state index contributed by atoms with van der Waals surface area (Å²) in [6, 6.07) is 17.6. The number of carbonyl (C=O) groups is 3. The van der Waals surface area contributed by atoms with E-state index in [-0.39, 0.29) is 13.2 Å². The minimum absolute atomic E-state index is 0.0110. The predicted octanol–water partition coefficient (Wildman–Crippen LogP) is 2.97. The lowest BCUT2D eigenvalue weighted by Gasteiger charge is -2.39. The Labute approximate surface area is 219 Å². The predicted molar refractivity (Wildman–Crippen MR) is 141 cm³/mol. The summed E-state index contributed by atoms with van der Waals surface area (Å²) in [7, 11) is 0. The summed E-state index contributed by atoms with van der Waals surface area (Å²) >= 11 is 0. The zero-order chi connectivity index (χ0) is 26.7. The lowest BCUT2D eigenvalue weighted by Crippen LogP contribution is -2.66. The van der Waals surface area contributed by atoms with E-state index in [1.165, 1.54) is 0 Å². The summed E-state index contributed by atoms with van der Waals surface area (Å²) in [6.07, 6.45) is 2.73. The van der Waals surface area contributed by atoms with Crippen molar-refractivity contribution in [1.82, 2.24) is 4.90 Å². The van der Waals surface area contributed by atoms with Crippen molar-refractivity contribution in [2.24, 2.45) is 17.4 Å². The molecular formula is C29H39N3O5. The first-order valence-corrected chi connectivity index (χ1v) is 13.1. The Morgan fingerprint density at radius 1 is 0.973 bits per heavy atom. The van der Waals surface area contributed by atoms with Crippen molar-refractivity contribution < 1.29 is 23.9 Å². The second-order valence-corrected chi connectivity index (χ2v) is 9.50. The highest BCUT2D eigenvalue weighted by atomic mass is 16.5. The molecule has 1 heterocycles. The average Bonchev–Trinajstić information content (AvgIpc) is 3.31. The number of Topliss-reactive ketones (excluding diaryl/α,β-unsaturated/α-hetero) is 1. The largest absolute Gasteiger partial charge is 0.461 e. The molecule has 0 bridgehead atoms. The van der Waals surface area contributed by atoms with Crippen LogP contribution in [0.1, 0.15) is 50.2 Å². The molecule has 0 amide bonds. The smallest absolute Gasteiger partial charge is 0.335 e. The minimum Gasteiger partial charge on any atom is -0.461 e. The van der Waals surface area contributed by atoms with Gasteiger partial charge in [-0.2, -0.15) is 0 Å². The van der Waals surface area contributed by atoms with Crippen molar-refractivity contribution in [1.29, 1.82) is 0 Å². The standard InChI is InChI=1S/C29H39N3O5/c1-2-18-32-19-16-24(27(34)36-20-22-11-5-3-6-12-22)29(32,26(33)25(31)15-9-10-17-30)28(35)37-21-23-13-7-4-8-14-23/h3-8,11-14,24-25H,2,9-10,15-21,30-31H2,1H3/t24?,25-,29+/m0/s1. The SMILES string of the molecule is CCCN1CCC(C(=O)OCc2ccccc2)[C@]1(C(=O)OCc1ccccc1)C(=O)[C@@H](N)CCCCN. The van der Waals surface area contributed by atoms with Crippen LogP contribution in [-0.4, -0.2) is 53.8 Å². The second-order valence-electron chi connectivity index (χ2n) is 9.50. The zero-order valence-electron chi connectivity index (χ0n) is 21.6. The molecule has 4 N–H and O–H groups in total. The molecule has 0 radical (unpaired) electrons. The Balaban J connectivity index is 1.93. The normalized spacial score (nSPS) is 20.4. The van der Waals surface area contributed by atoms with Gasteiger partial charge in [0.25, 0.3) is 0 Å². The minimum atomic E-state index is -1.83. The van der Waals surface area contributed by atoms with Crippen LogP contribution in [0, 0.1) is 5.92 Å². The number of hydrogen-bond donors (Lipinski definition) is 2. The van der Waals surface area contributed by atoms with Crippen LogP contribution in [0.3, 0.4) is 0 Å². The van der Waals surface area contributed by atoms with E-state index in [4.69, 9.17) is 20.9 Å². The van der Waals surface area contributed by atoms with Gasteiger partial charge in [0.05, 0.1) is 12.0 Å². The molecule has 0 aliphatic carbocycles. The topological polar surface area (TPSA) is 125 Å². The van der Waals surface area contributed by atoms with Crippen LogP contribution < -0.4 is 11.5 Å². The molecule has 1 saturated heterocycles. The van der Waals surface area contributed by atoms with Gasteiger partial charge in [0.1, 0.15) is 13.2 Å². The monoisotopic (exact) mass is 509 g/mol. The molecule has 3 rings (SSSR count). The molecule has 0 saturated carbocycles. The Morgan fingerprint density at radius 2 is 1.57 bits per heavy atom. The third kappa shape index (κ3) is 6.83. The summed E-state index contributed by atoms with van der Waals surface area (Å²) < 4.78 is 11.4. The summed E-state index contributed by atoms with van der Waals surface area (Å²) in [5.41, 5.74) is 11.8. The van der Waals surface area contributed by atoms with Crippen molar-refractivity contribution in [3.63, 3.8) is 0 Å². The van der Waals surface area contributed by atoms with Crippen LogP contribution >= 0.6 is 0 Å². The van der Waals surface area contributed by atoms with Crippen LogP contribution in [0.25, 0.3) is 0 Å². The highest BCUT2D eigenvalue weighted by Gasteiger charge is 2.64. The Morgan fingerprint density at radius 3 is 2.14 bits per heavy atom. The van der Waals surface area contributed by atoms with Crippen molar-refractivity contribution >= 4 is 17.7 Å². The third-order valence-electron chi connectivity index (χ3n) is 6.90. The quantitative estimate of drug-likeness (QED) is 0.226. The van der Waals surface area contributed by atoms with Crippen molar-refractivity contribution in [3.05, 3.63) is 71.8 Å². The van der Waals surface area contributed by atoms with Gasteiger partial charge in [0, 0.05) is 6.54 Å². The molecule has 200 valence electrons. The highest BCUT2D eigenvalue weighted by molar-refractivity contribution is 6.14. The maximum Gasteiger partial charge on any atom is 0.335 e. The highest BCUT2D eigenvalue weighted by Crippen LogP contribution is 2.40. The number of rotatable bonds is 14. The molecule has 1 aliphatic rings. The molecule has 2 aromatic carbocycles. The number of benzene rings is 2. The van der Waals surface area contributed by atoms with Crippen molar-refractivity contribution in [2.75, 3.05) is 19.6 Å². The van der Waals surface area contributed by atoms with Crippen molar-refractivity contribution in [2.45, 2.75) is 63.8 Å². The van der Waals surface area contributed by atoms with E-state index in [2.05, 4.69) is 0 Å². The fraction of sp³-hybridized carbons (Fsp3) is 0.483. The van der Waals surface area contributed by atoms with Gasteiger partial charge in [0.2, 0.25) is 0 Å². The molecule has 0 spiro atoms. The van der Waals surface area contributed by atoms with Gasteiger partial charge < -0.3 is 20.9 Å². The Bertz CT molecular complexity index is 1020. The first-order valence-electron chi connectivity index (χ1n) is 13.1. The third-order valence-corrected chi connectivity index (χ3v) is 6.90. The lowest BCUT2D eigenvalue weighted by molar-refractivity contribution is -0.173. The van der Waals surface area contributed by atoms with Gasteiger partial charge in [0.15, 0.2) is 11.3 Å². The van der Waals surface area contributed by atoms with E-state index in [0.29, 0.717) is 51.7 Å². The fourth-order valence-electron chi connectivity index (χ4n) is 5.02.